The van der Waals surface area contributed by atoms with Crippen LogP contribution in [0.3, 0.4) is 0 Å². The number of hydrogen-bond donors (Lipinski definition) is 1. The highest BCUT2D eigenvalue weighted by Crippen LogP contribution is 2.21. The topological polar surface area (TPSA) is 41.6 Å². The maximum atomic E-state index is 12.5. The quantitative estimate of drug-likeness (QED) is 0.743. The summed E-state index contributed by atoms with van der Waals surface area (Å²) in [5.74, 6) is 0.0465. The molecule has 0 spiro atoms. The summed E-state index contributed by atoms with van der Waals surface area (Å²) in [5.41, 5.74) is 1.38. The van der Waals surface area contributed by atoms with E-state index in [9.17, 15) is 18.0 Å². The molecule has 2 amide bonds. The molecule has 0 aliphatic heterocycles. The number of anilines is 1. The lowest BCUT2D eigenvalue weighted by molar-refractivity contribution is -0.153. The molecule has 0 radical (unpaired) electrons. The second-order valence-corrected chi connectivity index (χ2v) is 5.77. The number of carbonyl (C=O) groups excluding carboxylic acids is 1. The Balaban J connectivity index is 2.01. The van der Waals surface area contributed by atoms with Gasteiger partial charge in [-0.25, -0.2) is 4.79 Å². The minimum absolute atomic E-state index is 0.0465. The van der Waals surface area contributed by atoms with Crippen LogP contribution in [-0.2, 0) is 6.54 Å². The lowest BCUT2D eigenvalue weighted by Crippen LogP contribution is -2.35. The number of hydrogen-bond acceptors (Lipinski definition) is 2. The van der Waals surface area contributed by atoms with Crippen molar-refractivity contribution < 1.29 is 22.7 Å². The molecule has 0 unspecified atom stereocenters. The van der Waals surface area contributed by atoms with E-state index in [0.717, 1.165) is 12.0 Å². The van der Waals surface area contributed by atoms with Crippen LogP contribution >= 0.6 is 0 Å². The Morgan fingerprint density at radius 3 is 2.50 bits per heavy atom. The molecule has 4 nitrogen and oxygen atoms in total. The second-order valence-electron chi connectivity index (χ2n) is 5.77. The van der Waals surface area contributed by atoms with Crippen molar-refractivity contribution >= 4 is 11.7 Å². The largest absolute Gasteiger partial charge is 0.484 e. The van der Waals surface area contributed by atoms with E-state index in [1.54, 1.807) is 11.0 Å². The molecule has 0 fully saturated rings. The number of urea groups is 1. The van der Waals surface area contributed by atoms with Gasteiger partial charge in [0.25, 0.3) is 0 Å². The average Bonchev–Trinajstić information content (AvgIpc) is 2.60. The summed E-state index contributed by atoms with van der Waals surface area (Å²) < 4.78 is 41.5. The van der Waals surface area contributed by atoms with Crippen molar-refractivity contribution in [3.05, 3.63) is 60.2 Å². The molecule has 0 aliphatic carbocycles. The number of nitrogens with zero attached hydrogens (tertiary/aromatic N) is 1. The number of benzene rings is 2. The first-order valence-corrected chi connectivity index (χ1v) is 8.27. The standard InChI is InChI=1S/C19H21F3N2O2/c1-2-11-24(13-15-7-4-3-5-8-15)18(25)23-16-9-6-10-17(12-16)26-14-19(20,21)22/h3-10,12H,2,11,13-14H2,1H3,(H,23,25). The van der Waals surface area contributed by atoms with E-state index in [2.05, 4.69) is 5.32 Å². The predicted molar refractivity (Wildman–Crippen MR) is 94.2 cm³/mol. The van der Waals surface area contributed by atoms with Gasteiger partial charge < -0.3 is 15.0 Å². The van der Waals surface area contributed by atoms with Crippen LogP contribution in [0.2, 0.25) is 0 Å². The molecule has 2 aromatic carbocycles. The van der Waals surface area contributed by atoms with Gasteiger partial charge in [-0.05, 0) is 24.1 Å². The molecule has 0 saturated carbocycles. The smallest absolute Gasteiger partial charge is 0.422 e. The van der Waals surface area contributed by atoms with Crippen LogP contribution < -0.4 is 10.1 Å². The molecule has 2 rings (SSSR count). The van der Waals surface area contributed by atoms with Gasteiger partial charge >= 0.3 is 12.2 Å². The van der Waals surface area contributed by atoms with Gasteiger partial charge in [-0.1, -0.05) is 43.3 Å². The third-order valence-corrected chi connectivity index (χ3v) is 3.48. The summed E-state index contributed by atoms with van der Waals surface area (Å²) in [7, 11) is 0. The summed E-state index contributed by atoms with van der Waals surface area (Å²) in [6.45, 7) is 1.60. The molecule has 0 aromatic heterocycles. The number of nitrogens with one attached hydrogen (secondary N) is 1. The van der Waals surface area contributed by atoms with Crippen LogP contribution in [0.1, 0.15) is 18.9 Å². The molecular formula is C19H21F3N2O2. The fraction of sp³-hybridized carbons (Fsp3) is 0.316. The van der Waals surface area contributed by atoms with E-state index < -0.39 is 12.8 Å². The fourth-order valence-corrected chi connectivity index (χ4v) is 2.36. The van der Waals surface area contributed by atoms with Crippen LogP contribution in [-0.4, -0.2) is 30.3 Å². The molecule has 0 atom stereocenters. The highest BCUT2D eigenvalue weighted by atomic mass is 19.4. The van der Waals surface area contributed by atoms with Gasteiger partial charge in [0.05, 0.1) is 0 Å². The maximum absolute atomic E-state index is 12.5. The van der Waals surface area contributed by atoms with Crippen LogP contribution in [0.4, 0.5) is 23.7 Å². The van der Waals surface area contributed by atoms with Crippen molar-refractivity contribution in [2.24, 2.45) is 0 Å². The minimum atomic E-state index is -4.41. The summed E-state index contributed by atoms with van der Waals surface area (Å²) >= 11 is 0. The molecular weight excluding hydrogens is 345 g/mol. The first kappa shape index (κ1) is 19.6. The lowest BCUT2D eigenvalue weighted by atomic mass is 10.2. The molecule has 7 heteroatoms. The Morgan fingerprint density at radius 2 is 1.85 bits per heavy atom. The van der Waals surface area contributed by atoms with Crippen molar-refractivity contribution in [1.29, 1.82) is 0 Å². The van der Waals surface area contributed by atoms with Gasteiger partial charge in [0.1, 0.15) is 5.75 Å². The van der Waals surface area contributed by atoms with Gasteiger partial charge in [-0.3, -0.25) is 0 Å². The number of amides is 2. The summed E-state index contributed by atoms with van der Waals surface area (Å²) in [6, 6.07) is 15.2. The molecule has 0 aliphatic rings. The highest BCUT2D eigenvalue weighted by Gasteiger charge is 2.28. The lowest BCUT2D eigenvalue weighted by Gasteiger charge is -2.23. The molecule has 2 aromatic rings. The van der Waals surface area contributed by atoms with E-state index in [0.29, 0.717) is 18.8 Å². The normalized spacial score (nSPS) is 11.1. The van der Waals surface area contributed by atoms with Crippen molar-refractivity contribution in [3.8, 4) is 5.75 Å². The van der Waals surface area contributed by atoms with Crippen LogP contribution in [0.25, 0.3) is 0 Å². The van der Waals surface area contributed by atoms with Gasteiger partial charge in [-0.15, -0.1) is 0 Å². The third-order valence-electron chi connectivity index (χ3n) is 3.48. The van der Waals surface area contributed by atoms with Crippen molar-refractivity contribution in [1.82, 2.24) is 4.90 Å². The minimum Gasteiger partial charge on any atom is -0.484 e. The Hall–Kier alpha value is -2.70. The Morgan fingerprint density at radius 1 is 1.12 bits per heavy atom. The van der Waals surface area contributed by atoms with E-state index in [4.69, 9.17) is 4.74 Å². The van der Waals surface area contributed by atoms with Crippen molar-refractivity contribution in [2.75, 3.05) is 18.5 Å². The fourth-order valence-electron chi connectivity index (χ4n) is 2.36. The molecule has 1 N–H and O–H groups in total. The van der Waals surface area contributed by atoms with E-state index in [1.807, 2.05) is 37.3 Å². The van der Waals surface area contributed by atoms with Gasteiger partial charge in [0.15, 0.2) is 6.61 Å². The number of carbonyl (C=O) groups is 1. The van der Waals surface area contributed by atoms with Crippen LogP contribution in [0.5, 0.6) is 5.75 Å². The summed E-state index contributed by atoms with van der Waals surface area (Å²) in [6.07, 6.45) is -3.62. The first-order valence-electron chi connectivity index (χ1n) is 8.27. The zero-order chi connectivity index (χ0) is 19.0. The number of ether oxygens (including phenoxy) is 1. The Labute approximate surface area is 150 Å². The third kappa shape index (κ3) is 6.66. The van der Waals surface area contributed by atoms with Gasteiger partial charge in [0.2, 0.25) is 0 Å². The highest BCUT2D eigenvalue weighted by molar-refractivity contribution is 5.89. The maximum Gasteiger partial charge on any atom is 0.422 e. The van der Waals surface area contributed by atoms with Crippen LogP contribution in [0, 0.1) is 0 Å². The molecule has 26 heavy (non-hydrogen) atoms. The van der Waals surface area contributed by atoms with Gasteiger partial charge in [0, 0.05) is 24.8 Å². The average molecular weight is 366 g/mol. The van der Waals surface area contributed by atoms with E-state index in [1.165, 1.54) is 18.2 Å². The van der Waals surface area contributed by atoms with Crippen LogP contribution in [0.15, 0.2) is 54.6 Å². The second kappa shape index (κ2) is 9.12. The van der Waals surface area contributed by atoms with Crippen molar-refractivity contribution in [2.45, 2.75) is 26.1 Å². The molecule has 0 bridgehead atoms. The predicted octanol–water partition coefficient (Wildman–Crippen LogP) is 5.07. The number of rotatable bonds is 7. The Kier molecular flexibility index (Phi) is 6.89. The zero-order valence-electron chi connectivity index (χ0n) is 14.4. The van der Waals surface area contributed by atoms with Crippen molar-refractivity contribution in [3.63, 3.8) is 0 Å². The monoisotopic (exact) mass is 366 g/mol. The Bertz CT molecular complexity index is 705. The van der Waals surface area contributed by atoms with Gasteiger partial charge in [-0.2, -0.15) is 13.2 Å². The molecule has 140 valence electrons. The number of halogens is 3. The zero-order valence-corrected chi connectivity index (χ0v) is 14.4. The van der Waals surface area contributed by atoms with E-state index >= 15 is 0 Å². The molecule has 0 heterocycles. The molecule has 0 saturated heterocycles. The summed E-state index contributed by atoms with van der Waals surface area (Å²) in [4.78, 5) is 14.2. The summed E-state index contributed by atoms with van der Waals surface area (Å²) in [5, 5.41) is 2.71. The van der Waals surface area contributed by atoms with E-state index in [-0.39, 0.29) is 11.8 Å². The first-order chi connectivity index (χ1) is 12.4. The SMILES string of the molecule is CCCN(Cc1ccccc1)C(=O)Nc1cccc(OCC(F)(F)F)c1. The number of alkyl halides is 3.